The molecule has 0 saturated heterocycles. The Bertz CT molecular complexity index is 1310. The number of ether oxygens (including phenoxy) is 2. The number of nitrogens with zero attached hydrogens (tertiary/aromatic N) is 3. The number of amides is 1. The summed E-state index contributed by atoms with van der Waals surface area (Å²) in [5, 5.41) is 12.9. The molecule has 1 heterocycles. The predicted molar refractivity (Wildman–Crippen MR) is 135 cm³/mol. The van der Waals surface area contributed by atoms with Crippen molar-refractivity contribution in [1.82, 2.24) is 14.8 Å². The molecule has 0 fully saturated rings. The molecule has 1 N–H and O–H groups in total. The summed E-state index contributed by atoms with van der Waals surface area (Å²) in [5.41, 5.74) is 3.31. The van der Waals surface area contributed by atoms with Gasteiger partial charge in [-0.05, 0) is 61.0 Å². The van der Waals surface area contributed by atoms with Gasteiger partial charge in [0.1, 0.15) is 11.5 Å². The Morgan fingerprint density at radius 2 is 1.76 bits per heavy atom. The van der Waals surface area contributed by atoms with Crippen LogP contribution in [0.4, 0.5) is 5.69 Å². The van der Waals surface area contributed by atoms with Gasteiger partial charge in [-0.1, -0.05) is 41.6 Å². The van der Waals surface area contributed by atoms with Crippen LogP contribution in [-0.4, -0.2) is 40.6 Å². The van der Waals surface area contributed by atoms with Crippen LogP contribution in [0.25, 0.3) is 17.1 Å². The molecule has 0 radical (unpaired) electrons. The topological polar surface area (TPSA) is 78.3 Å². The zero-order chi connectivity index (χ0) is 24.1. The first-order chi connectivity index (χ1) is 16.5. The predicted octanol–water partition coefficient (Wildman–Crippen LogP) is 5.64. The smallest absolute Gasteiger partial charge is 0.234 e. The Balaban J connectivity index is 1.63. The van der Waals surface area contributed by atoms with E-state index in [1.807, 2.05) is 66.1 Å². The zero-order valence-corrected chi connectivity index (χ0v) is 20.5. The van der Waals surface area contributed by atoms with Crippen molar-refractivity contribution in [2.24, 2.45) is 0 Å². The Morgan fingerprint density at radius 1 is 1.00 bits per heavy atom. The van der Waals surface area contributed by atoms with Crippen LogP contribution in [0.1, 0.15) is 5.56 Å². The van der Waals surface area contributed by atoms with E-state index in [9.17, 15) is 4.79 Å². The molecule has 0 aliphatic carbocycles. The first-order valence-electron chi connectivity index (χ1n) is 10.4. The molecule has 34 heavy (non-hydrogen) atoms. The molecule has 0 bridgehead atoms. The standard InChI is InChI=1S/C25H23ClN4O3S/c1-16-7-8-18(26)14-22(16)27-23(31)15-34-25-29-28-24(17-5-4-6-21(13-17)33-3)30(25)19-9-11-20(32-2)12-10-19/h4-14H,15H2,1-3H3,(H,27,31). The maximum atomic E-state index is 12.7. The summed E-state index contributed by atoms with van der Waals surface area (Å²) in [6.07, 6.45) is 0. The molecule has 0 unspecified atom stereocenters. The minimum atomic E-state index is -0.164. The molecule has 0 saturated carbocycles. The zero-order valence-electron chi connectivity index (χ0n) is 18.9. The first kappa shape index (κ1) is 23.7. The number of carbonyl (C=O) groups excluding carboxylic acids is 1. The normalized spacial score (nSPS) is 10.7. The van der Waals surface area contributed by atoms with Crippen molar-refractivity contribution in [2.75, 3.05) is 25.3 Å². The van der Waals surface area contributed by atoms with Gasteiger partial charge in [-0.2, -0.15) is 0 Å². The van der Waals surface area contributed by atoms with Gasteiger partial charge in [0.2, 0.25) is 5.91 Å². The molecule has 9 heteroatoms. The summed E-state index contributed by atoms with van der Waals surface area (Å²) >= 11 is 7.37. The number of nitrogens with one attached hydrogen (secondary N) is 1. The molecule has 0 aliphatic rings. The highest BCUT2D eigenvalue weighted by Crippen LogP contribution is 2.30. The molecular weight excluding hydrogens is 472 g/mol. The minimum absolute atomic E-state index is 0.151. The number of carbonyl (C=O) groups is 1. The van der Waals surface area contributed by atoms with E-state index < -0.39 is 0 Å². The van der Waals surface area contributed by atoms with E-state index in [-0.39, 0.29) is 11.7 Å². The molecule has 3 aromatic carbocycles. The van der Waals surface area contributed by atoms with Crippen LogP contribution in [0, 0.1) is 6.92 Å². The third kappa shape index (κ3) is 5.35. The Hall–Kier alpha value is -3.49. The highest BCUT2D eigenvalue weighted by atomic mass is 35.5. The highest BCUT2D eigenvalue weighted by Gasteiger charge is 2.18. The lowest BCUT2D eigenvalue weighted by atomic mass is 10.2. The monoisotopic (exact) mass is 494 g/mol. The van der Waals surface area contributed by atoms with Gasteiger partial charge in [-0.25, -0.2) is 0 Å². The van der Waals surface area contributed by atoms with Gasteiger partial charge in [0.05, 0.1) is 20.0 Å². The number of benzene rings is 3. The number of hydrogen-bond donors (Lipinski definition) is 1. The minimum Gasteiger partial charge on any atom is -0.497 e. The first-order valence-corrected chi connectivity index (χ1v) is 11.8. The van der Waals surface area contributed by atoms with Crippen molar-refractivity contribution in [3.63, 3.8) is 0 Å². The summed E-state index contributed by atoms with van der Waals surface area (Å²) in [7, 11) is 3.24. The average molecular weight is 495 g/mol. The van der Waals surface area contributed by atoms with Crippen LogP contribution < -0.4 is 14.8 Å². The quantitative estimate of drug-likeness (QED) is 0.319. The summed E-state index contributed by atoms with van der Waals surface area (Å²) < 4.78 is 12.6. The number of halogens is 1. The molecule has 0 spiro atoms. The van der Waals surface area contributed by atoms with E-state index >= 15 is 0 Å². The van der Waals surface area contributed by atoms with Gasteiger partial charge in [0, 0.05) is 22.0 Å². The number of methoxy groups -OCH3 is 2. The number of aryl methyl sites for hydroxylation is 1. The summed E-state index contributed by atoms with van der Waals surface area (Å²) in [6.45, 7) is 1.92. The molecule has 1 amide bonds. The number of aromatic nitrogens is 3. The van der Waals surface area contributed by atoms with Crippen molar-refractivity contribution >= 4 is 35.0 Å². The molecule has 7 nitrogen and oxygen atoms in total. The number of hydrogen-bond acceptors (Lipinski definition) is 6. The van der Waals surface area contributed by atoms with E-state index in [2.05, 4.69) is 15.5 Å². The molecule has 174 valence electrons. The largest absolute Gasteiger partial charge is 0.497 e. The van der Waals surface area contributed by atoms with E-state index in [0.29, 0.717) is 27.4 Å². The van der Waals surface area contributed by atoms with Crippen molar-refractivity contribution in [3.05, 3.63) is 77.3 Å². The van der Waals surface area contributed by atoms with Crippen molar-refractivity contribution in [3.8, 4) is 28.6 Å². The second kappa shape index (κ2) is 10.6. The van der Waals surface area contributed by atoms with Crippen LogP contribution in [0.15, 0.2) is 71.9 Å². The van der Waals surface area contributed by atoms with Crippen LogP contribution in [0.3, 0.4) is 0 Å². The van der Waals surface area contributed by atoms with E-state index in [4.69, 9.17) is 21.1 Å². The fourth-order valence-corrected chi connectivity index (χ4v) is 4.25. The second-order valence-corrected chi connectivity index (χ2v) is 8.75. The van der Waals surface area contributed by atoms with E-state index in [1.165, 1.54) is 11.8 Å². The molecule has 4 rings (SSSR count). The third-order valence-electron chi connectivity index (χ3n) is 5.10. The molecule has 0 atom stereocenters. The third-order valence-corrected chi connectivity index (χ3v) is 6.26. The van der Waals surface area contributed by atoms with Gasteiger partial charge in [0.25, 0.3) is 0 Å². The Kier molecular flexibility index (Phi) is 7.40. The highest BCUT2D eigenvalue weighted by molar-refractivity contribution is 7.99. The Morgan fingerprint density at radius 3 is 2.50 bits per heavy atom. The average Bonchev–Trinajstić information content (AvgIpc) is 3.29. The van der Waals surface area contributed by atoms with Crippen molar-refractivity contribution < 1.29 is 14.3 Å². The van der Waals surface area contributed by atoms with Gasteiger partial charge in [0.15, 0.2) is 11.0 Å². The Labute approximate surface area is 207 Å². The molecular formula is C25H23ClN4O3S. The lowest BCUT2D eigenvalue weighted by Gasteiger charge is -2.12. The van der Waals surface area contributed by atoms with E-state index in [1.54, 1.807) is 26.4 Å². The molecule has 4 aromatic rings. The second-order valence-electron chi connectivity index (χ2n) is 7.37. The summed E-state index contributed by atoms with van der Waals surface area (Å²) in [4.78, 5) is 12.7. The summed E-state index contributed by atoms with van der Waals surface area (Å²) in [6, 6.07) is 20.6. The molecule has 0 aliphatic heterocycles. The van der Waals surface area contributed by atoms with Gasteiger partial charge < -0.3 is 14.8 Å². The maximum absolute atomic E-state index is 12.7. The van der Waals surface area contributed by atoms with Gasteiger partial charge in [-0.15, -0.1) is 10.2 Å². The fraction of sp³-hybridized carbons (Fsp3) is 0.160. The van der Waals surface area contributed by atoms with Crippen LogP contribution in [0.5, 0.6) is 11.5 Å². The lowest BCUT2D eigenvalue weighted by Crippen LogP contribution is -2.15. The van der Waals surface area contributed by atoms with Gasteiger partial charge in [-0.3, -0.25) is 9.36 Å². The van der Waals surface area contributed by atoms with Gasteiger partial charge >= 0.3 is 0 Å². The van der Waals surface area contributed by atoms with E-state index in [0.717, 1.165) is 22.6 Å². The van der Waals surface area contributed by atoms with Crippen molar-refractivity contribution in [1.29, 1.82) is 0 Å². The van der Waals surface area contributed by atoms with Crippen LogP contribution in [0.2, 0.25) is 5.02 Å². The summed E-state index contributed by atoms with van der Waals surface area (Å²) in [5.74, 6) is 2.08. The van der Waals surface area contributed by atoms with Crippen molar-refractivity contribution in [2.45, 2.75) is 12.1 Å². The number of rotatable bonds is 8. The SMILES string of the molecule is COc1ccc(-n2c(SCC(=O)Nc3cc(Cl)ccc3C)nnc2-c2cccc(OC)c2)cc1. The number of thioether (sulfide) groups is 1. The lowest BCUT2D eigenvalue weighted by molar-refractivity contribution is -0.113. The van der Waals surface area contributed by atoms with Crippen LogP contribution in [-0.2, 0) is 4.79 Å². The fourth-order valence-electron chi connectivity index (χ4n) is 3.32. The van der Waals surface area contributed by atoms with Crippen LogP contribution >= 0.6 is 23.4 Å². The maximum Gasteiger partial charge on any atom is 0.234 e. The molecule has 1 aromatic heterocycles. The number of anilines is 1.